The molecule has 0 aliphatic carbocycles. The summed E-state index contributed by atoms with van der Waals surface area (Å²) in [6, 6.07) is 11.1. The van der Waals surface area contributed by atoms with Crippen molar-refractivity contribution >= 4 is 17.5 Å². The van der Waals surface area contributed by atoms with Gasteiger partial charge in [-0.25, -0.2) is 0 Å². The van der Waals surface area contributed by atoms with Crippen molar-refractivity contribution in [3.63, 3.8) is 0 Å². The average molecular weight is 376 g/mol. The molecule has 4 nitrogen and oxygen atoms in total. The van der Waals surface area contributed by atoms with Crippen LogP contribution in [0.3, 0.4) is 0 Å². The monoisotopic (exact) mass is 376 g/mol. The Morgan fingerprint density at radius 1 is 0.926 bits per heavy atom. The Morgan fingerprint density at radius 2 is 1.52 bits per heavy atom. The molecule has 1 fully saturated rings. The summed E-state index contributed by atoms with van der Waals surface area (Å²) in [5, 5.41) is 2.68. The Hall–Kier alpha value is -2.83. The third-order valence-corrected chi connectivity index (χ3v) is 4.45. The molecule has 0 bridgehead atoms. The summed E-state index contributed by atoms with van der Waals surface area (Å²) in [5.74, 6) is -0.358. The molecule has 0 saturated carbocycles. The van der Waals surface area contributed by atoms with Gasteiger partial charge in [0.2, 0.25) is 5.91 Å². The molecule has 0 radical (unpaired) electrons. The predicted octanol–water partition coefficient (Wildman–Crippen LogP) is 4.12. The lowest BCUT2D eigenvalue weighted by atomic mass is 10.1. The number of rotatable bonds is 4. The summed E-state index contributed by atoms with van der Waals surface area (Å²) in [6.07, 6.45) is -2.39. The van der Waals surface area contributed by atoms with Crippen molar-refractivity contribution in [3.05, 3.63) is 65.2 Å². The van der Waals surface area contributed by atoms with Gasteiger partial charge >= 0.3 is 6.18 Å². The van der Waals surface area contributed by atoms with E-state index < -0.39 is 11.7 Å². The van der Waals surface area contributed by atoms with Gasteiger partial charge in [0.15, 0.2) is 0 Å². The van der Waals surface area contributed by atoms with E-state index in [-0.39, 0.29) is 18.2 Å². The Bertz CT molecular complexity index is 809. The highest BCUT2D eigenvalue weighted by Gasteiger charge is 2.30. The molecule has 2 aromatic rings. The van der Waals surface area contributed by atoms with Crippen LogP contribution in [0.4, 0.5) is 18.9 Å². The number of carbonyl (C=O) groups excluding carboxylic acids is 2. The number of benzene rings is 2. The maximum atomic E-state index is 12.6. The molecule has 1 aliphatic heterocycles. The minimum Gasteiger partial charge on any atom is -0.339 e. The SMILES string of the molecule is O=C(Cc1ccc(C(F)(F)F)cc1)Nc1ccc(C(=O)N2CCCC2)cc1. The standard InChI is InChI=1S/C20H19F3N2O2/c21-20(22,23)16-7-3-14(4-8-16)13-18(26)24-17-9-5-15(6-10-17)19(27)25-11-1-2-12-25/h3-10H,1-2,11-13H2,(H,24,26). The van der Waals surface area contributed by atoms with E-state index in [1.165, 1.54) is 12.1 Å². The number of alkyl halides is 3. The van der Waals surface area contributed by atoms with Crippen molar-refractivity contribution in [2.75, 3.05) is 18.4 Å². The second-order valence-electron chi connectivity index (χ2n) is 6.50. The van der Waals surface area contributed by atoms with Crippen molar-refractivity contribution in [2.24, 2.45) is 0 Å². The van der Waals surface area contributed by atoms with E-state index >= 15 is 0 Å². The first-order valence-electron chi connectivity index (χ1n) is 8.68. The van der Waals surface area contributed by atoms with Crippen LogP contribution < -0.4 is 5.32 Å². The van der Waals surface area contributed by atoms with Gasteiger partial charge in [0, 0.05) is 24.3 Å². The van der Waals surface area contributed by atoms with E-state index in [9.17, 15) is 22.8 Å². The number of carbonyl (C=O) groups is 2. The molecule has 1 heterocycles. The van der Waals surface area contributed by atoms with Gasteiger partial charge in [-0.1, -0.05) is 12.1 Å². The smallest absolute Gasteiger partial charge is 0.339 e. The van der Waals surface area contributed by atoms with E-state index in [4.69, 9.17) is 0 Å². The molecule has 0 spiro atoms. The highest BCUT2D eigenvalue weighted by molar-refractivity contribution is 5.96. The molecule has 7 heteroatoms. The summed E-state index contributed by atoms with van der Waals surface area (Å²) in [7, 11) is 0. The van der Waals surface area contributed by atoms with Crippen LogP contribution in [0.1, 0.15) is 34.3 Å². The zero-order valence-corrected chi connectivity index (χ0v) is 14.6. The quantitative estimate of drug-likeness (QED) is 0.873. The second-order valence-corrected chi connectivity index (χ2v) is 6.50. The number of likely N-dealkylation sites (tertiary alicyclic amines) is 1. The summed E-state index contributed by atoms with van der Waals surface area (Å²) in [5.41, 5.74) is 0.841. The lowest BCUT2D eigenvalue weighted by Gasteiger charge is -2.15. The molecule has 1 N–H and O–H groups in total. The molecular formula is C20H19F3N2O2. The van der Waals surface area contributed by atoms with Crippen molar-refractivity contribution in [1.82, 2.24) is 4.90 Å². The number of halogens is 3. The number of nitrogens with zero attached hydrogens (tertiary/aromatic N) is 1. The van der Waals surface area contributed by atoms with Crippen LogP contribution in [-0.2, 0) is 17.4 Å². The van der Waals surface area contributed by atoms with Crippen LogP contribution in [0.2, 0.25) is 0 Å². The Kier molecular flexibility index (Phi) is 5.48. The van der Waals surface area contributed by atoms with Crippen molar-refractivity contribution in [2.45, 2.75) is 25.4 Å². The lowest BCUT2D eigenvalue weighted by Crippen LogP contribution is -2.27. The zero-order chi connectivity index (χ0) is 19.4. The van der Waals surface area contributed by atoms with Crippen LogP contribution in [0.25, 0.3) is 0 Å². The van der Waals surface area contributed by atoms with E-state index in [1.807, 2.05) is 0 Å². The summed E-state index contributed by atoms with van der Waals surface area (Å²) >= 11 is 0. The highest BCUT2D eigenvalue weighted by Crippen LogP contribution is 2.29. The third-order valence-electron chi connectivity index (χ3n) is 4.45. The molecule has 0 aromatic heterocycles. The first-order valence-corrected chi connectivity index (χ1v) is 8.68. The van der Waals surface area contributed by atoms with Gasteiger partial charge in [-0.2, -0.15) is 13.2 Å². The van der Waals surface area contributed by atoms with Crippen molar-refractivity contribution in [3.8, 4) is 0 Å². The minimum atomic E-state index is -4.39. The number of hydrogen-bond donors (Lipinski definition) is 1. The van der Waals surface area contributed by atoms with Crippen LogP contribution in [-0.4, -0.2) is 29.8 Å². The molecule has 1 saturated heterocycles. The van der Waals surface area contributed by atoms with E-state index in [0.29, 0.717) is 16.8 Å². The molecule has 27 heavy (non-hydrogen) atoms. The lowest BCUT2D eigenvalue weighted by molar-refractivity contribution is -0.137. The molecule has 2 aromatic carbocycles. The highest BCUT2D eigenvalue weighted by atomic mass is 19.4. The van der Waals surface area contributed by atoms with Crippen LogP contribution in [0.5, 0.6) is 0 Å². The molecule has 2 amide bonds. The average Bonchev–Trinajstić information content (AvgIpc) is 3.16. The van der Waals surface area contributed by atoms with Gasteiger partial charge in [0.1, 0.15) is 0 Å². The van der Waals surface area contributed by atoms with Crippen LogP contribution in [0, 0.1) is 0 Å². The molecular weight excluding hydrogens is 357 g/mol. The number of hydrogen-bond acceptors (Lipinski definition) is 2. The number of anilines is 1. The first kappa shape index (κ1) is 18.9. The van der Waals surface area contributed by atoms with Gasteiger partial charge in [-0.15, -0.1) is 0 Å². The van der Waals surface area contributed by atoms with Crippen LogP contribution >= 0.6 is 0 Å². The molecule has 142 valence electrons. The van der Waals surface area contributed by atoms with Crippen molar-refractivity contribution in [1.29, 1.82) is 0 Å². The topological polar surface area (TPSA) is 49.4 Å². The summed E-state index contributed by atoms with van der Waals surface area (Å²) in [4.78, 5) is 26.2. The Labute approximate surface area is 155 Å². The third kappa shape index (κ3) is 4.87. The van der Waals surface area contributed by atoms with Gasteiger partial charge in [0.25, 0.3) is 5.91 Å². The normalized spacial score (nSPS) is 14.3. The maximum Gasteiger partial charge on any atom is 0.416 e. The second kappa shape index (κ2) is 7.82. The fraction of sp³-hybridized carbons (Fsp3) is 0.300. The van der Waals surface area contributed by atoms with E-state index in [0.717, 1.165) is 38.1 Å². The van der Waals surface area contributed by atoms with Crippen molar-refractivity contribution < 1.29 is 22.8 Å². The van der Waals surface area contributed by atoms with Gasteiger partial charge in [-0.05, 0) is 54.8 Å². The summed E-state index contributed by atoms with van der Waals surface area (Å²) < 4.78 is 37.7. The predicted molar refractivity (Wildman–Crippen MR) is 95.4 cm³/mol. The van der Waals surface area contributed by atoms with Gasteiger partial charge in [0.05, 0.1) is 12.0 Å². The van der Waals surface area contributed by atoms with Gasteiger partial charge in [-0.3, -0.25) is 9.59 Å². The van der Waals surface area contributed by atoms with Gasteiger partial charge < -0.3 is 10.2 Å². The molecule has 0 unspecified atom stereocenters. The van der Waals surface area contributed by atoms with Crippen LogP contribution in [0.15, 0.2) is 48.5 Å². The molecule has 1 aliphatic rings. The fourth-order valence-corrected chi connectivity index (χ4v) is 3.00. The Balaban J connectivity index is 1.57. The molecule has 3 rings (SSSR count). The van der Waals surface area contributed by atoms with E-state index in [2.05, 4.69) is 5.32 Å². The summed E-state index contributed by atoms with van der Waals surface area (Å²) in [6.45, 7) is 1.54. The minimum absolute atomic E-state index is 0.0184. The first-order chi connectivity index (χ1) is 12.8. The largest absolute Gasteiger partial charge is 0.416 e. The van der Waals surface area contributed by atoms with E-state index in [1.54, 1.807) is 29.2 Å². The fourth-order valence-electron chi connectivity index (χ4n) is 3.00. The Morgan fingerprint density at radius 3 is 2.07 bits per heavy atom. The molecule has 0 atom stereocenters. The zero-order valence-electron chi connectivity index (χ0n) is 14.6. The number of nitrogens with one attached hydrogen (secondary N) is 1. The number of amides is 2. The maximum absolute atomic E-state index is 12.6.